The Morgan fingerprint density at radius 1 is 0.929 bits per heavy atom. The van der Waals surface area contributed by atoms with E-state index in [1.807, 2.05) is 0 Å². The first kappa shape index (κ1) is 21.0. The number of carbonyl (C=O) groups is 2. The first-order chi connectivity index (χ1) is 13.2. The maximum Gasteiger partial charge on any atom is 0.262 e. The van der Waals surface area contributed by atoms with Crippen molar-refractivity contribution in [2.75, 3.05) is 31.3 Å². The molecule has 9 nitrogen and oxygen atoms in total. The van der Waals surface area contributed by atoms with Gasteiger partial charge in [0.2, 0.25) is 5.91 Å². The molecule has 0 radical (unpaired) electrons. The van der Waals surface area contributed by atoms with Crippen molar-refractivity contribution in [2.45, 2.75) is 11.8 Å². The summed E-state index contributed by atoms with van der Waals surface area (Å²) in [7, 11) is 0.211. The van der Waals surface area contributed by atoms with Crippen molar-refractivity contribution in [3.8, 4) is 11.5 Å². The average molecular weight is 407 g/mol. The minimum absolute atomic E-state index is 0.0977. The minimum Gasteiger partial charge on any atom is -0.495 e. The molecule has 2 amide bonds. The van der Waals surface area contributed by atoms with E-state index in [4.69, 9.17) is 9.47 Å². The third-order valence-corrected chi connectivity index (χ3v) is 5.09. The zero-order valence-corrected chi connectivity index (χ0v) is 16.6. The fourth-order valence-corrected chi connectivity index (χ4v) is 3.51. The number of hydrogen-bond donors (Lipinski definition) is 3. The second kappa shape index (κ2) is 8.61. The summed E-state index contributed by atoms with van der Waals surface area (Å²) in [5.41, 5.74) is 0.569. The highest BCUT2D eigenvalue weighted by molar-refractivity contribution is 7.92. The minimum atomic E-state index is -4.05. The van der Waals surface area contributed by atoms with Gasteiger partial charge in [0.05, 0.1) is 30.5 Å². The maximum atomic E-state index is 12.8. The molecule has 3 N–H and O–H groups in total. The van der Waals surface area contributed by atoms with Crippen molar-refractivity contribution >= 4 is 33.2 Å². The number of carbonyl (C=O) groups excluding carboxylic acids is 2. The Balaban J connectivity index is 2.46. The largest absolute Gasteiger partial charge is 0.495 e. The Bertz CT molecular complexity index is 1000. The van der Waals surface area contributed by atoms with Gasteiger partial charge < -0.3 is 20.1 Å². The molecule has 0 atom stereocenters. The van der Waals surface area contributed by atoms with E-state index in [9.17, 15) is 18.0 Å². The van der Waals surface area contributed by atoms with Gasteiger partial charge in [-0.05, 0) is 36.4 Å². The number of ether oxygens (including phenoxy) is 2. The molecule has 0 bridgehead atoms. The van der Waals surface area contributed by atoms with Crippen LogP contribution in [0.15, 0.2) is 41.3 Å². The van der Waals surface area contributed by atoms with Crippen LogP contribution in [0.4, 0.5) is 11.4 Å². The molecule has 150 valence electrons. The lowest BCUT2D eigenvalue weighted by atomic mass is 10.2. The summed E-state index contributed by atoms with van der Waals surface area (Å²) < 4.78 is 38.4. The van der Waals surface area contributed by atoms with E-state index in [1.54, 1.807) is 0 Å². The molecule has 0 fully saturated rings. The Morgan fingerprint density at radius 3 is 2.11 bits per heavy atom. The molecule has 0 aliphatic heterocycles. The van der Waals surface area contributed by atoms with E-state index in [0.717, 1.165) is 0 Å². The van der Waals surface area contributed by atoms with Crippen molar-refractivity contribution in [1.29, 1.82) is 0 Å². The second-order valence-corrected chi connectivity index (χ2v) is 7.33. The Morgan fingerprint density at radius 2 is 1.54 bits per heavy atom. The van der Waals surface area contributed by atoms with Gasteiger partial charge in [0.25, 0.3) is 15.9 Å². The Labute approximate surface area is 163 Å². The van der Waals surface area contributed by atoms with E-state index < -0.39 is 10.0 Å². The molecule has 0 aliphatic rings. The molecule has 2 aromatic carbocycles. The Kier molecular flexibility index (Phi) is 6.47. The van der Waals surface area contributed by atoms with Gasteiger partial charge in [-0.2, -0.15) is 0 Å². The van der Waals surface area contributed by atoms with Crippen LogP contribution in [-0.2, 0) is 14.8 Å². The van der Waals surface area contributed by atoms with Gasteiger partial charge in [0, 0.05) is 19.5 Å². The monoisotopic (exact) mass is 407 g/mol. The van der Waals surface area contributed by atoms with Crippen molar-refractivity contribution in [3.63, 3.8) is 0 Å². The first-order valence-corrected chi connectivity index (χ1v) is 9.58. The van der Waals surface area contributed by atoms with Crippen LogP contribution in [0.2, 0.25) is 0 Å². The predicted octanol–water partition coefficient (Wildman–Crippen LogP) is 1.82. The third kappa shape index (κ3) is 4.71. The smallest absolute Gasteiger partial charge is 0.262 e. The van der Waals surface area contributed by atoms with Gasteiger partial charge in [0.1, 0.15) is 11.5 Å². The normalized spacial score (nSPS) is 10.7. The van der Waals surface area contributed by atoms with E-state index in [1.165, 1.54) is 64.6 Å². The fraction of sp³-hybridized carbons (Fsp3) is 0.222. The summed E-state index contributed by atoms with van der Waals surface area (Å²) in [5, 5.41) is 4.99. The van der Waals surface area contributed by atoms with Crippen LogP contribution in [0, 0.1) is 0 Å². The van der Waals surface area contributed by atoms with E-state index >= 15 is 0 Å². The topological polar surface area (TPSA) is 123 Å². The summed E-state index contributed by atoms with van der Waals surface area (Å²) in [5.74, 6) is -0.193. The van der Waals surface area contributed by atoms with Crippen molar-refractivity contribution in [2.24, 2.45) is 0 Å². The van der Waals surface area contributed by atoms with Crippen molar-refractivity contribution < 1.29 is 27.5 Å². The number of amides is 2. The zero-order chi connectivity index (χ0) is 20.9. The van der Waals surface area contributed by atoms with Gasteiger partial charge in [0.15, 0.2) is 0 Å². The number of hydrogen-bond acceptors (Lipinski definition) is 6. The molecule has 0 spiro atoms. The lowest BCUT2D eigenvalue weighted by molar-refractivity contribution is -0.114. The van der Waals surface area contributed by atoms with Crippen LogP contribution in [-0.4, -0.2) is 41.5 Å². The second-order valence-electron chi connectivity index (χ2n) is 5.64. The standard InChI is InChI=1S/C18H21N3O6S/c1-11(22)20-14-10-13(6-8-16(14)26-3)28(24,25)21-15-9-12(18(23)19-2)5-7-17(15)27-4/h5-10,21H,1-4H3,(H,19,23)(H,20,22). The van der Waals surface area contributed by atoms with Crippen LogP contribution in [0.3, 0.4) is 0 Å². The van der Waals surface area contributed by atoms with E-state index in [0.29, 0.717) is 5.75 Å². The predicted molar refractivity (Wildman–Crippen MR) is 104 cm³/mol. The number of rotatable bonds is 7. The SMILES string of the molecule is CNC(=O)c1ccc(OC)c(NS(=O)(=O)c2ccc(OC)c(NC(C)=O)c2)c1. The molecule has 0 aliphatic carbocycles. The first-order valence-electron chi connectivity index (χ1n) is 8.10. The van der Waals surface area contributed by atoms with Gasteiger partial charge in [-0.15, -0.1) is 0 Å². The van der Waals surface area contributed by atoms with Gasteiger partial charge in [-0.25, -0.2) is 8.42 Å². The van der Waals surface area contributed by atoms with Crippen LogP contribution in [0.1, 0.15) is 17.3 Å². The molecule has 0 saturated heterocycles. The van der Waals surface area contributed by atoms with E-state index in [-0.39, 0.29) is 39.4 Å². The molecule has 0 saturated carbocycles. The average Bonchev–Trinajstić information content (AvgIpc) is 2.66. The van der Waals surface area contributed by atoms with Gasteiger partial charge in [-0.1, -0.05) is 0 Å². The number of anilines is 2. The highest BCUT2D eigenvalue weighted by atomic mass is 32.2. The highest BCUT2D eigenvalue weighted by Gasteiger charge is 2.20. The Hall–Kier alpha value is -3.27. The van der Waals surface area contributed by atoms with Crippen molar-refractivity contribution in [3.05, 3.63) is 42.0 Å². The quantitative estimate of drug-likeness (QED) is 0.643. The van der Waals surface area contributed by atoms with Gasteiger partial charge in [-0.3, -0.25) is 14.3 Å². The molecular formula is C18H21N3O6S. The summed E-state index contributed by atoms with van der Waals surface area (Å²) in [6, 6.07) is 8.40. The third-order valence-electron chi connectivity index (χ3n) is 3.72. The number of sulfonamides is 1. The van der Waals surface area contributed by atoms with Crippen molar-refractivity contribution in [1.82, 2.24) is 5.32 Å². The summed E-state index contributed by atoms with van der Waals surface area (Å²) in [6.07, 6.45) is 0. The molecule has 0 heterocycles. The van der Waals surface area contributed by atoms with Gasteiger partial charge >= 0.3 is 0 Å². The molecule has 0 aromatic heterocycles. The summed E-state index contributed by atoms with van der Waals surface area (Å²) >= 11 is 0. The van der Waals surface area contributed by atoms with E-state index in [2.05, 4.69) is 15.4 Å². The lowest BCUT2D eigenvalue weighted by Gasteiger charge is -2.15. The zero-order valence-electron chi connectivity index (χ0n) is 15.8. The highest BCUT2D eigenvalue weighted by Crippen LogP contribution is 2.31. The molecule has 2 rings (SSSR count). The molecule has 0 unspecified atom stereocenters. The van der Waals surface area contributed by atoms with Crippen LogP contribution in [0.25, 0.3) is 0 Å². The number of benzene rings is 2. The fourth-order valence-electron chi connectivity index (χ4n) is 2.42. The molecule has 2 aromatic rings. The summed E-state index contributed by atoms with van der Waals surface area (Å²) in [4.78, 5) is 23.1. The molecule has 10 heteroatoms. The van der Waals surface area contributed by atoms with Crippen LogP contribution >= 0.6 is 0 Å². The number of methoxy groups -OCH3 is 2. The maximum absolute atomic E-state index is 12.8. The molecular weight excluding hydrogens is 386 g/mol. The molecule has 28 heavy (non-hydrogen) atoms. The lowest BCUT2D eigenvalue weighted by Crippen LogP contribution is -2.19. The van der Waals surface area contributed by atoms with Crippen LogP contribution < -0.4 is 24.8 Å². The summed E-state index contributed by atoms with van der Waals surface area (Å²) in [6.45, 7) is 1.30. The number of nitrogens with one attached hydrogen (secondary N) is 3. The van der Waals surface area contributed by atoms with Crippen LogP contribution in [0.5, 0.6) is 11.5 Å².